The van der Waals surface area contributed by atoms with Crippen molar-refractivity contribution in [3.8, 4) is 0 Å². The summed E-state index contributed by atoms with van der Waals surface area (Å²) in [7, 11) is 0. The molecular weight excluding hydrogens is 322 g/mol. The van der Waals surface area contributed by atoms with Crippen molar-refractivity contribution in [2.45, 2.75) is 25.9 Å². The van der Waals surface area contributed by atoms with Gasteiger partial charge in [0, 0.05) is 38.2 Å². The van der Waals surface area contributed by atoms with E-state index in [0.29, 0.717) is 24.7 Å². The van der Waals surface area contributed by atoms with E-state index >= 15 is 0 Å². The smallest absolute Gasteiger partial charge is 0.273 e. The van der Waals surface area contributed by atoms with E-state index in [4.69, 9.17) is 10.5 Å². The molecule has 0 aliphatic carbocycles. The third-order valence-corrected chi connectivity index (χ3v) is 5.14. The highest BCUT2D eigenvalue weighted by Crippen LogP contribution is 2.20. The first-order valence-corrected chi connectivity index (χ1v) is 9.19. The van der Waals surface area contributed by atoms with Gasteiger partial charge >= 0.3 is 0 Å². The molecule has 1 aromatic carbocycles. The summed E-state index contributed by atoms with van der Waals surface area (Å²) in [6.07, 6.45) is 2.01. The van der Waals surface area contributed by atoms with Crippen LogP contribution >= 0.6 is 11.3 Å². The van der Waals surface area contributed by atoms with Crippen LogP contribution in [0.2, 0.25) is 0 Å². The van der Waals surface area contributed by atoms with E-state index in [1.54, 1.807) is 0 Å². The van der Waals surface area contributed by atoms with Crippen LogP contribution in [0, 0.1) is 5.92 Å². The molecule has 128 valence electrons. The Morgan fingerprint density at radius 3 is 2.71 bits per heavy atom. The molecule has 0 spiro atoms. The lowest BCUT2D eigenvalue weighted by atomic mass is 9.99. The maximum absolute atomic E-state index is 13.0. The zero-order chi connectivity index (χ0) is 16.8. The molecular formula is C18H23N3O2S. The van der Waals surface area contributed by atoms with Crippen molar-refractivity contribution in [2.24, 2.45) is 11.7 Å². The summed E-state index contributed by atoms with van der Waals surface area (Å²) in [6, 6.07) is 10.1. The van der Waals surface area contributed by atoms with E-state index in [1.807, 2.05) is 28.5 Å². The van der Waals surface area contributed by atoms with E-state index in [2.05, 4.69) is 17.1 Å². The van der Waals surface area contributed by atoms with Gasteiger partial charge in [0.05, 0.1) is 0 Å². The molecule has 1 saturated heterocycles. The van der Waals surface area contributed by atoms with E-state index in [0.717, 1.165) is 43.2 Å². The fourth-order valence-electron chi connectivity index (χ4n) is 2.93. The van der Waals surface area contributed by atoms with E-state index in [1.165, 1.54) is 11.3 Å². The monoisotopic (exact) mass is 345 g/mol. The van der Waals surface area contributed by atoms with Crippen molar-refractivity contribution in [1.29, 1.82) is 0 Å². The van der Waals surface area contributed by atoms with Crippen LogP contribution in [0.15, 0.2) is 35.7 Å². The maximum Gasteiger partial charge on any atom is 0.273 e. The summed E-state index contributed by atoms with van der Waals surface area (Å²) >= 11 is 1.44. The van der Waals surface area contributed by atoms with Gasteiger partial charge in [0.25, 0.3) is 5.91 Å². The van der Waals surface area contributed by atoms with Gasteiger partial charge in [-0.25, -0.2) is 4.98 Å². The zero-order valence-corrected chi connectivity index (χ0v) is 14.5. The fourth-order valence-corrected chi connectivity index (χ4v) is 3.58. The van der Waals surface area contributed by atoms with Crippen LogP contribution in [-0.2, 0) is 17.8 Å². The summed E-state index contributed by atoms with van der Waals surface area (Å²) in [6.45, 7) is 3.29. The van der Waals surface area contributed by atoms with E-state index < -0.39 is 0 Å². The van der Waals surface area contributed by atoms with Crippen LogP contribution < -0.4 is 5.73 Å². The average molecular weight is 345 g/mol. The Labute approximate surface area is 146 Å². The molecule has 0 saturated carbocycles. The lowest BCUT2D eigenvalue weighted by Crippen LogP contribution is -2.37. The van der Waals surface area contributed by atoms with Crippen molar-refractivity contribution in [3.05, 3.63) is 52.0 Å². The van der Waals surface area contributed by atoms with Crippen molar-refractivity contribution in [2.75, 3.05) is 19.8 Å². The second-order valence-electron chi connectivity index (χ2n) is 6.06. The number of amides is 1. The Kier molecular flexibility index (Phi) is 5.96. The highest BCUT2D eigenvalue weighted by atomic mass is 32.1. The first kappa shape index (κ1) is 17.1. The van der Waals surface area contributed by atoms with E-state index in [9.17, 15) is 4.79 Å². The first-order valence-electron chi connectivity index (χ1n) is 8.31. The van der Waals surface area contributed by atoms with Crippen LogP contribution in [-0.4, -0.2) is 35.5 Å². The molecule has 0 radical (unpaired) electrons. The summed E-state index contributed by atoms with van der Waals surface area (Å²) in [5, 5.41) is 2.61. The van der Waals surface area contributed by atoms with Gasteiger partial charge in [0.15, 0.2) is 0 Å². The third kappa shape index (κ3) is 4.41. The molecule has 1 amide bonds. The Balaban J connectivity index is 1.75. The van der Waals surface area contributed by atoms with Gasteiger partial charge in [-0.1, -0.05) is 30.3 Å². The molecule has 0 bridgehead atoms. The first-order chi connectivity index (χ1) is 11.8. The number of carbonyl (C=O) groups excluding carboxylic acids is 1. The number of nitrogens with two attached hydrogens (primary N) is 1. The summed E-state index contributed by atoms with van der Waals surface area (Å²) in [4.78, 5) is 19.2. The minimum atomic E-state index is -0.0127. The van der Waals surface area contributed by atoms with Crippen molar-refractivity contribution in [3.63, 3.8) is 0 Å². The second-order valence-corrected chi connectivity index (χ2v) is 7.00. The molecule has 2 heterocycles. The van der Waals surface area contributed by atoms with Crippen LogP contribution in [0.25, 0.3) is 0 Å². The van der Waals surface area contributed by atoms with Gasteiger partial charge in [0.1, 0.15) is 10.7 Å². The molecule has 24 heavy (non-hydrogen) atoms. The van der Waals surface area contributed by atoms with Gasteiger partial charge in [-0.3, -0.25) is 4.79 Å². The molecule has 1 fully saturated rings. The van der Waals surface area contributed by atoms with Crippen LogP contribution in [0.5, 0.6) is 0 Å². The molecule has 0 unspecified atom stereocenters. The predicted octanol–water partition coefficient (Wildman–Crippen LogP) is 2.67. The zero-order valence-electron chi connectivity index (χ0n) is 13.7. The Hall–Kier alpha value is -1.76. The van der Waals surface area contributed by atoms with Gasteiger partial charge in [-0.05, 0) is 24.3 Å². The highest BCUT2D eigenvalue weighted by molar-refractivity contribution is 7.09. The highest BCUT2D eigenvalue weighted by Gasteiger charge is 2.24. The molecule has 3 rings (SSSR count). The largest absolute Gasteiger partial charge is 0.381 e. The van der Waals surface area contributed by atoms with Gasteiger partial charge in [-0.15, -0.1) is 11.3 Å². The average Bonchev–Trinajstić information content (AvgIpc) is 3.11. The van der Waals surface area contributed by atoms with Crippen molar-refractivity contribution < 1.29 is 9.53 Å². The Morgan fingerprint density at radius 2 is 2.04 bits per heavy atom. The normalized spacial score (nSPS) is 15.4. The van der Waals surface area contributed by atoms with Gasteiger partial charge in [0.2, 0.25) is 0 Å². The molecule has 6 heteroatoms. The number of rotatable bonds is 6. The molecule has 2 aromatic rings. The number of thiazole rings is 1. The standard InChI is InChI=1S/C18H23N3O2S/c19-10-17-20-16(13-24-17)18(22)21(11-14-4-2-1-3-5-14)12-15-6-8-23-9-7-15/h1-5,13,15H,6-12,19H2. The third-order valence-electron chi connectivity index (χ3n) is 4.27. The number of aromatic nitrogens is 1. The lowest BCUT2D eigenvalue weighted by molar-refractivity contribution is 0.0443. The van der Waals surface area contributed by atoms with Crippen LogP contribution in [0.3, 0.4) is 0 Å². The van der Waals surface area contributed by atoms with Crippen molar-refractivity contribution >= 4 is 17.2 Å². The van der Waals surface area contributed by atoms with Gasteiger partial charge < -0.3 is 15.4 Å². The number of ether oxygens (including phenoxy) is 1. The van der Waals surface area contributed by atoms with Crippen LogP contribution in [0.4, 0.5) is 0 Å². The number of nitrogens with zero attached hydrogens (tertiary/aromatic N) is 2. The topological polar surface area (TPSA) is 68.5 Å². The molecule has 1 aliphatic heterocycles. The number of benzene rings is 1. The summed E-state index contributed by atoms with van der Waals surface area (Å²) < 4.78 is 5.43. The number of hydrogen-bond donors (Lipinski definition) is 1. The Morgan fingerprint density at radius 1 is 1.29 bits per heavy atom. The predicted molar refractivity (Wildman–Crippen MR) is 94.7 cm³/mol. The number of hydrogen-bond acceptors (Lipinski definition) is 5. The van der Waals surface area contributed by atoms with Crippen molar-refractivity contribution in [1.82, 2.24) is 9.88 Å². The summed E-state index contributed by atoms with van der Waals surface area (Å²) in [5.74, 6) is 0.473. The molecule has 5 nitrogen and oxygen atoms in total. The summed E-state index contributed by atoms with van der Waals surface area (Å²) in [5.41, 5.74) is 7.26. The maximum atomic E-state index is 13.0. The molecule has 1 aliphatic rings. The minimum Gasteiger partial charge on any atom is -0.381 e. The second kappa shape index (κ2) is 8.37. The van der Waals surface area contributed by atoms with Crippen LogP contribution in [0.1, 0.15) is 33.9 Å². The van der Waals surface area contributed by atoms with Gasteiger partial charge in [-0.2, -0.15) is 0 Å². The molecule has 1 aromatic heterocycles. The SMILES string of the molecule is NCc1nc(C(=O)N(Cc2ccccc2)CC2CCOCC2)cs1. The minimum absolute atomic E-state index is 0.0127. The molecule has 0 atom stereocenters. The fraction of sp³-hybridized carbons (Fsp3) is 0.444. The number of carbonyl (C=O) groups is 1. The quantitative estimate of drug-likeness (QED) is 0.874. The lowest BCUT2D eigenvalue weighted by Gasteiger charge is -2.29. The Bertz CT molecular complexity index is 653. The van der Waals surface area contributed by atoms with E-state index in [-0.39, 0.29) is 5.91 Å². The molecule has 2 N–H and O–H groups in total.